The third kappa shape index (κ3) is 1.55. The molecule has 1 unspecified atom stereocenters. The van der Waals surface area contributed by atoms with Crippen LogP contribution >= 0.6 is 0 Å². The second kappa shape index (κ2) is 3.20. The Bertz CT molecular complexity index is 403. The van der Waals surface area contributed by atoms with E-state index in [2.05, 4.69) is 10.3 Å². The SMILES string of the molecule is Cc1cccnc1N1C(=O)NCC1(C)O. The zero-order valence-electron chi connectivity index (χ0n) is 8.69. The van der Waals surface area contributed by atoms with Gasteiger partial charge in [-0.25, -0.2) is 14.7 Å². The van der Waals surface area contributed by atoms with Crippen LogP contribution in [-0.2, 0) is 0 Å². The summed E-state index contributed by atoms with van der Waals surface area (Å²) in [5.74, 6) is 0.498. The van der Waals surface area contributed by atoms with Crippen molar-refractivity contribution in [3.63, 3.8) is 0 Å². The van der Waals surface area contributed by atoms with Gasteiger partial charge in [-0.2, -0.15) is 0 Å². The van der Waals surface area contributed by atoms with Crippen LogP contribution in [0.2, 0.25) is 0 Å². The zero-order valence-corrected chi connectivity index (χ0v) is 8.69. The number of hydrogen-bond acceptors (Lipinski definition) is 3. The second-order valence-electron chi connectivity index (χ2n) is 3.86. The summed E-state index contributed by atoms with van der Waals surface area (Å²) in [6.45, 7) is 3.64. The van der Waals surface area contributed by atoms with E-state index in [4.69, 9.17) is 0 Å². The number of amides is 2. The lowest BCUT2D eigenvalue weighted by Gasteiger charge is -2.28. The summed E-state index contributed by atoms with van der Waals surface area (Å²) in [5.41, 5.74) is -0.356. The van der Waals surface area contributed by atoms with Crippen molar-refractivity contribution >= 4 is 11.8 Å². The summed E-state index contributed by atoms with van der Waals surface area (Å²) in [5, 5.41) is 12.6. The Kier molecular flexibility index (Phi) is 2.12. The van der Waals surface area contributed by atoms with Crippen LogP contribution < -0.4 is 10.2 Å². The van der Waals surface area contributed by atoms with E-state index in [1.54, 1.807) is 19.2 Å². The fourth-order valence-corrected chi connectivity index (χ4v) is 1.66. The van der Waals surface area contributed by atoms with Gasteiger partial charge in [0.15, 0.2) is 5.72 Å². The molecule has 2 amide bonds. The van der Waals surface area contributed by atoms with E-state index in [1.165, 1.54) is 4.90 Å². The predicted octanol–water partition coefficient (Wildman–Crippen LogP) is 0.628. The van der Waals surface area contributed by atoms with Crippen LogP contribution in [-0.4, -0.2) is 28.4 Å². The molecular formula is C10H13N3O2. The van der Waals surface area contributed by atoms with Gasteiger partial charge in [0.25, 0.3) is 0 Å². The predicted molar refractivity (Wildman–Crippen MR) is 55.5 cm³/mol. The maximum atomic E-state index is 11.6. The number of β-amino-alcohol motifs (C(OH)–C–C–N with tert-alkyl or cyclic N) is 1. The average molecular weight is 207 g/mol. The summed E-state index contributed by atoms with van der Waals surface area (Å²) < 4.78 is 0. The smallest absolute Gasteiger partial charge is 0.325 e. The molecule has 2 N–H and O–H groups in total. The lowest BCUT2D eigenvalue weighted by atomic mass is 10.2. The number of hydrogen-bond donors (Lipinski definition) is 2. The molecule has 0 spiro atoms. The van der Waals surface area contributed by atoms with Gasteiger partial charge in [-0.15, -0.1) is 0 Å². The Hall–Kier alpha value is -1.62. The molecule has 2 rings (SSSR count). The molecule has 1 saturated heterocycles. The molecule has 5 nitrogen and oxygen atoms in total. The van der Waals surface area contributed by atoms with Crippen molar-refractivity contribution in [2.45, 2.75) is 19.6 Å². The number of aliphatic hydroxyl groups is 1. The summed E-state index contributed by atoms with van der Waals surface area (Å²) in [7, 11) is 0. The molecule has 0 aromatic carbocycles. The molecule has 1 aliphatic heterocycles. The van der Waals surface area contributed by atoms with Crippen molar-refractivity contribution in [3.8, 4) is 0 Å². The first-order valence-electron chi connectivity index (χ1n) is 4.74. The number of nitrogens with zero attached hydrogens (tertiary/aromatic N) is 2. The maximum absolute atomic E-state index is 11.6. The highest BCUT2D eigenvalue weighted by molar-refractivity contribution is 5.95. The van der Waals surface area contributed by atoms with Crippen LogP contribution in [0, 0.1) is 6.92 Å². The highest BCUT2D eigenvalue weighted by atomic mass is 16.3. The Morgan fingerprint density at radius 1 is 1.67 bits per heavy atom. The molecule has 1 aliphatic rings. The molecule has 1 aromatic heterocycles. The normalized spacial score (nSPS) is 25.5. The van der Waals surface area contributed by atoms with E-state index in [9.17, 15) is 9.90 Å². The minimum atomic E-state index is -1.21. The number of anilines is 1. The summed E-state index contributed by atoms with van der Waals surface area (Å²) in [6.07, 6.45) is 1.60. The number of aromatic nitrogens is 1. The molecule has 15 heavy (non-hydrogen) atoms. The van der Waals surface area contributed by atoms with E-state index in [0.29, 0.717) is 5.82 Å². The van der Waals surface area contributed by atoms with E-state index in [0.717, 1.165) is 5.56 Å². The molecule has 5 heteroatoms. The fraction of sp³-hybridized carbons (Fsp3) is 0.400. The fourth-order valence-electron chi connectivity index (χ4n) is 1.66. The number of nitrogens with one attached hydrogen (secondary N) is 1. The standard InChI is InChI=1S/C10H13N3O2/c1-7-4-3-5-11-8(7)13-9(14)12-6-10(13,2)15/h3-5,15H,6H2,1-2H3,(H,12,14). The van der Waals surface area contributed by atoms with Gasteiger partial charge >= 0.3 is 6.03 Å². The number of aryl methyl sites for hydroxylation is 1. The van der Waals surface area contributed by atoms with Gasteiger partial charge in [0.2, 0.25) is 0 Å². The van der Waals surface area contributed by atoms with Gasteiger partial charge in [0, 0.05) is 6.20 Å². The zero-order chi connectivity index (χ0) is 11.1. The van der Waals surface area contributed by atoms with Crippen LogP contribution in [0.25, 0.3) is 0 Å². The van der Waals surface area contributed by atoms with Crippen molar-refractivity contribution in [2.24, 2.45) is 0 Å². The van der Waals surface area contributed by atoms with Crippen LogP contribution in [0.3, 0.4) is 0 Å². The van der Waals surface area contributed by atoms with Gasteiger partial charge in [-0.3, -0.25) is 0 Å². The summed E-state index contributed by atoms with van der Waals surface area (Å²) in [6, 6.07) is 3.33. The van der Waals surface area contributed by atoms with Crippen LogP contribution in [0.5, 0.6) is 0 Å². The van der Waals surface area contributed by atoms with Crippen molar-refractivity contribution in [1.82, 2.24) is 10.3 Å². The average Bonchev–Trinajstić information content (AvgIpc) is 2.43. The molecule has 0 aliphatic carbocycles. The molecule has 0 bridgehead atoms. The molecule has 1 atom stereocenters. The minimum Gasteiger partial charge on any atom is -0.369 e. The van der Waals surface area contributed by atoms with E-state index < -0.39 is 5.72 Å². The van der Waals surface area contributed by atoms with Crippen LogP contribution in [0.15, 0.2) is 18.3 Å². The highest BCUT2D eigenvalue weighted by Crippen LogP contribution is 2.26. The minimum absolute atomic E-state index is 0.210. The lowest BCUT2D eigenvalue weighted by Crippen LogP contribution is -2.45. The molecular weight excluding hydrogens is 194 g/mol. The first-order valence-corrected chi connectivity index (χ1v) is 4.74. The van der Waals surface area contributed by atoms with E-state index in [-0.39, 0.29) is 12.6 Å². The van der Waals surface area contributed by atoms with Crippen molar-refractivity contribution < 1.29 is 9.90 Å². The van der Waals surface area contributed by atoms with Gasteiger partial charge < -0.3 is 10.4 Å². The third-order valence-corrected chi connectivity index (χ3v) is 2.45. The molecule has 1 aromatic rings. The lowest BCUT2D eigenvalue weighted by molar-refractivity contribution is 0.0851. The number of urea groups is 1. The van der Waals surface area contributed by atoms with Crippen molar-refractivity contribution in [1.29, 1.82) is 0 Å². The first kappa shape index (κ1) is 9.92. The van der Waals surface area contributed by atoms with Crippen molar-refractivity contribution in [2.75, 3.05) is 11.4 Å². The summed E-state index contributed by atoms with van der Waals surface area (Å²) in [4.78, 5) is 16.9. The maximum Gasteiger partial charge on any atom is 0.325 e. The topological polar surface area (TPSA) is 65.5 Å². The Balaban J connectivity index is 2.46. The number of carbonyl (C=O) groups excluding carboxylic acids is 1. The van der Waals surface area contributed by atoms with Gasteiger partial charge in [-0.1, -0.05) is 6.07 Å². The van der Waals surface area contributed by atoms with E-state index in [1.807, 2.05) is 13.0 Å². The van der Waals surface area contributed by atoms with Gasteiger partial charge in [0.05, 0.1) is 6.54 Å². The Morgan fingerprint density at radius 3 is 2.93 bits per heavy atom. The van der Waals surface area contributed by atoms with Crippen LogP contribution in [0.4, 0.5) is 10.6 Å². The highest BCUT2D eigenvalue weighted by Gasteiger charge is 2.42. The monoisotopic (exact) mass is 207 g/mol. The Labute approximate surface area is 87.7 Å². The summed E-state index contributed by atoms with van der Waals surface area (Å²) >= 11 is 0. The molecule has 2 heterocycles. The molecule has 80 valence electrons. The molecule has 0 radical (unpaired) electrons. The van der Waals surface area contributed by atoms with Gasteiger partial charge in [0.1, 0.15) is 5.82 Å². The Morgan fingerprint density at radius 2 is 2.40 bits per heavy atom. The largest absolute Gasteiger partial charge is 0.369 e. The molecule has 1 fully saturated rings. The number of pyridine rings is 1. The second-order valence-corrected chi connectivity index (χ2v) is 3.86. The number of carbonyl (C=O) groups is 1. The van der Waals surface area contributed by atoms with E-state index >= 15 is 0 Å². The number of rotatable bonds is 1. The third-order valence-electron chi connectivity index (χ3n) is 2.45. The van der Waals surface area contributed by atoms with Crippen molar-refractivity contribution in [3.05, 3.63) is 23.9 Å². The van der Waals surface area contributed by atoms with Gasteiger partial charge in [-0.05, 0) is 25.5 Å². The quantitative estimate of drug-likeness (QED) is 0.709. The molecule has 0 saturated carbocycles. The van der Waals surface area contributed by atoms with Crippen LogP contribution in [0.1, 0.15) is 12.5 Å². The first-order chi connectivity index (χ1) is 7.02.